The number of hydrogen-bond donors (Lipinski definition) is 3. The summed E-state index contributed by atoms with van der Waals surface area (Å²) >= 11 is 0. The second-order valence-corrected chi connectivity index (χ2v) is 14.9. The van der Waals surface area contributed by atoms with E-state index in [1.165, 1.54) is 10.7 Å². The number of aromatic nitrogens is 5. The van der Waals surface area contributed by atoms with E-state index >= 15 is 0 Å². The van der Waals surface area contributed by atoms with Crippen LogP contribution >= 0.6 is 0 Å². The topological polar surface area (TPSA) is 166 Å². The molecule has 3 aromatic heterocycles. The Hall–Kier alpha value is -5.36. The summed E-state index contributed by atoms with van der Waals surface area (Å²) in [6.45, 7) is -0.471. The highest BCUT2D eigenvalue weighted by atomic mass is 19.3. The lowest BCUT2D eigenvalue weighted by molar-refractivity contribution is -0.134. The second kappa shape index (κ2) is 15.1. The van der Waals surface area contributed by atoms with Crippen LogP contribution in [-0.2, 0) is 9.59 Å². The van der Waals surface area contributed by atoms with Crippen LogP contribution < -0.4 is 30.1 Å². The van der Waals surface area contributed by atoms with Crippen molar-refractivity contribution in [1.29, 1.82) is 0 Å². The number of aliphatic hydroxyl groups excluding tert-OH is 1. The molecule has 18 heteroatoms. The molecule has 8 rings (SSSR count). The third-order valence-corrected chi connectivity index (χ3v) is 11.6. The fraction of sp³-hybridized carbons (Fsp3) is 0.514. The number of carbonyl (C=O) groups is 3. The Kier molecular flexibility index (Phi) is 10.0. The Labute approximate surface area is 316 Å². The van der Waals surface area contributed by atoms with Crippen LogP contribution in [0.1, 0.15) is 67.8 Å². The van der Waals surface area contributed by atoms with Gasteiger partial charge in [0, 0.05) is 51.5 Å². The molecular weight excluding hydrogens is 716 g/mol. The number of hydrogen-bond acceptors (Lipinski definition) is 12. The standard InChI is InChI=1S/C37H45F2N11O5/c1-45(23-13-17-47(18-14-23)27-5-3-6-28-31(27)46(2)37(54)50(28)29-11-12-30(51)43-34(29)53)20-22-7-9-24(10-8-22)49-21-26(35(44-49)55-36(38)39)42-33(52)25-19-41-48-16-4-15-40-32(25)48/h3-6,15-16,19,21-24,29,36-37,54H,7-14,17-18,20H2,1-2H3,(H,42,52)(H,43,51,53). The number of ether oxygens (including phenoxy) is 1. The molecular formula is C37H45F2N11O5. The number of amides is 3. The van der Waals surface area contributed by atoms with E-state index in [4.69, 9.17) is 4.74 Å². The molecule has 55 heavy (non-hydrogen) atoms. The fourth-order valence-electron chi connectivity index (χ4n) is 8.74. The number of para-hydroxylation sites is 1. The zero-order valence-corrected chi connectivity index (χ0v) is 30.7. The largest absolute Gasteiger partial charge is 0.413 e. The summed E-state index contributed by atoms with van der Waals surface area (Å²) in [4.78, 5) is 50.2. The van der Waals surface area contributed by atoms with Crippen molar-refractivity contribution in [1.82, 2.24) is 34.6 Å². The molecule has 4 aromatic rings. The molecule has 0 bridgehead atoms. The van der Waals surface area contributed by atoms with Crippen molar-refractivity contribution in [2.24, 2.45) is 5.92 Å². The number of aliphatic hydroxyl groups is 1. The van der Waals surface area contributed by atoms with Crippen LogP contribution in [0.25, 0.3) is 5.65 Å². The molecule has 1 aliphatic carbocycles. The normalized spacial score (nSPS) is 23.5. The zero-order valence-electron chi connectivity index (χ0n) is 30.7. The van der Waals surface area contributed by atoms with Gasteiger partial charge < -0.3 is 34.8 Å². The number of carbonyl (C=O) groups excluding carboxylic acids is 3. The summed E-state index contributed by atoms with van der Waals surface area (Å²) in [7, 11) is 4.01. The van der Waals surface area contributed by atoms with Gasteiger partial charge in [-0.3, -0.25) is 24.4 Å². The van der Waals surface area contributed by atoms with Crippen LogP contribution in [0.2, 0.25) is 0 Å². The van der Waals surface area contributed by atoms with Gasteiger partial charge in [0.05, 0.1) is 35.5 Å². The van der Waals surface area contributed by atoms with Gasteiger partial charge in [-0.15, -0.1) is 5.10 Å². The van der Waals surface area contributed by atoms with Crippen LogP contribution in [-0.4, -0.2) is 111 Å². The quantitative estimate of drug-likeness (QED) is 0.202. The summed E-state index contributed by atoms with van der Waals surface area (Å²) in [6, 6.07) is 7.39. The minimum atomic E-state index is -3.10. The zero-order chi connectivity index (χ0) is 38.4. The van der Waals surface area contributed by atoms with E-state index in [2.05, 4.69) is 48.7 Å². The number of anilines is 4. The average Bonchev–Trinajstić information content (AvgIpc) is 3.86. The van der Waals surface area contributed by atoms with E-state index in [1.807, 2.05) is 19.2 Å². The fourth-order valence-corrected chi connectivity index (χ4v) is 8.74. The molecule has 16 nitrogen and oxygen atoms in total. The number of benzene rings is 1. The molecule has 2 atom stereocenters. The molecule has 3 N–H and O–H groups in total. The molecule has 292 valence electrons. The van der Waals surface area contributed by atoms with Gasteiger partial charge in [-0.25, -0.2) is 9.50 Å². The summed E-state index contributed by atoms with van der Waals surface area (Å²) in [5.41, 5.74) is 3.28. The van der Waals surface area contributed by atoms with Crippen LogP contribution in [0.15, 0.2) is 49.1 Å². The summed E-state index contributed by atoms with van der Waals surface area (Å²) in [5.74, 6) is -1.10. The number of nitrogens with one attached hydrogen (secondary N) is 2. The van der Waals surface area contributed by atoms with Gasteiger partial charge in [0.2, 0.25) is 18.2 Å². The van der Waals surface area contributed by atoms with Crippen molar-refractivity contribution in [3.8, 4) is 5.88 Å². The summed E-state index contributed by atoms with van der Waals surface area (Å²) < 4.78 is 34.5. The first-order chi connectivity index (χ1) is 26.5. The lowest BCUT2D eigenvalue weighted by Crippen LogP contribution is -2.56. The SMILES string of the molecule is CN(CC1CCC(n2cc(NC(=O)c3cnn4cccnc34)c(OC(F)F)n2)CC1)C1CCN(c2cccc3c2N(C)C(O)N3C2CCC(=O)NC2=O)CC1. The Morgan fingerprint density at radius 3 is 2.60 bits per heavy atom. The van der Waals surface area contributed by atoms with Gasteiger partial charge >= 0.3 is 6.61 Å². The highest BCUT2D eigenvalue weighted by Gasteiger charge is 2.43. The lowest BCUT2D eigenvalue weighted by Gasteiger charge is -2.40. The number of fused-ring (bicyclic) bond motifs is 2. The van der Waals surface area contributed by atoms with Gasteiger partial charge in [-0.05, 0) is 76.1 Å². The predicted octanol–water partition coefficient (Wildman–Crippen LogP) is 3.45. The molecule has 0 radical (unpaired) electrons. The average molecular weight is 762 g/mol. The number of alkyl halides is 2. The van der Waals surface area contributed by atoms with Crippen molar-refractivity contribution in [3.63, 3.8) is 0 Å². The maximum Gasteiger partial charge on any atom is 0.388 e. The molecule has 6 heterocycles. The molecule has 4 aliphatic rings. The highest BCUT2D eigenvalue weighted by Crippen LogP contribution is 2.47. The van der Waals surface area contributed by atoms with E-state index in [1.54, 1.807) is 39.1 Å². The van der Waals surface area contributed by atoms with Crippen LogP contribution in [0.4, 0.5) is 31.5 Å². The Morgan fingerprint density at radius 2 is 1.85 bits per heavy atom. The molecule has 1 saturated carbocycles. The summed E-state index contributed by atoms with van der Waals surface area (Å²) in [5, 5.41) is 24.8. The number of imide groups is 1. The van der Waals surface area contributed by atoms with Gasteiger partial charge in [0.15, 0.2) is 5.65 Å². The maximum absolute atomic E-state index is 13.3. The number of piperidine rings is 2. The third-order valence-electron chi connectivity index (χ3n) is 11.6. The van der Waals surface area contributed by atoms with Gasteiger partial charge in [0.1, 0.15) is 17.3 Å². The minimum absolute atomic E-state index is 0.0238. The summed E-state index contributed by atoms with van der Waals surface area (Å²) in [6.07, 6.45) is 11.2. The van der Waals surface area contributed by atoms with E-state index < -0.39 is 24.9 Å². The van der Waals surface area contributed by atoms with Gasteiger partial charge in [-0.1, -0.05) is 6.07 Å². The van der Waals surface area contributed by atoms with Crippen LogP contribution in [0.5, 0.6) is 5.88 Å². The van der Waals surface area contributed by atoms with E-state index in [0.717, 1.165) is 75.2 Å². The van der Waals surface area contributed by atoms with Gasteiger partial charge in [0.25, 0.3) is 11.8 Å². The number of halogens is 2. The van der Waals surface area contributed by atoms with E-state index in [9.17, 15) is 28.3 Å². The lowest BCUT2D eigenvalue weighted by atomic mass is 9.85. The number of nitrogens with zero attached hydrogens (tertiary/aromatic N) is 9. The van der Waals surface area contributed by atoms with E-state index in [-0.39, 0.29) is 41.4 Å². The van der Waals surface area contributed by atoms with Crippen molar-refractivity contribution in [2.45, 2.75) is 82.5 Å². The number of rotatable bonds is 10. The Balaban J connectivity index is 0.857. The predicted molar refractivity (Wildman–Crippen MR) is 198 cm³/mol. The van der Waals surface area contributed by atoms with E-state index in [0.29, 0.717) is 24.0 Å². The third kappa shape index (κ3) is 7.15. The molecule has 2 saturated heterocycles. The van der Waals surface area contributed by atoms with Crippen molar-refractivity contribution in [3.05, 3.63) is 54.6 Å². The molecule has 3 amide bonds. The Morgan fingerprint density at radius 1 is 1.09 bits per heavy atom. The first-order valence-corrected chi connectivity index (χ1v) is 18.8. The maximum atomic E-state index is 13.3. The smallest absolute Gasteiger partial charge is 0.388 e. The van der Waals surface area contributed by atoms with Crippen molar-refractivity contribution >= 4 is 46.1 Å². The van der Waals surface area contributed by atoms with Crippen molar-refractivity contribution < 1.29 is 33.0 Å². The first kappa shape index (κ1) is 36.6. The second-order valence-electron chi connectivity index (χ2n) is 14.9. The van der Waals surface area contributed by atoms with Crippen LogP contribution in [0.3, 0.4) is 0 Å². The molecule has 2 unspecified atom stereocenters. The molecule has 0 spiro atoms. The highest BCUT2D eigenvalue weighted by molar-refractivity contribution is 6.08. The Bertz CT molecular complexity index is 2060. The first-order valence-electron chi connectivity index (χ1n) is 18.8. The van der Waals surface area contributed by atoms with Crippen molar-refractivity contribution in [2.75, 3.05) is 53.7 Å². The molecule has 3 fully saturated rings. The van der Waals surface area contributed by atoms with Crippen LogP contribution in [0, 0.1) is 5.92 Å². The van der Waals surface area contributed by atoms with Gasteiger partial charge in [-0.2, -0.15) is 13.9 Å². The molecule has 1 aromatic carbocycles. The molecule has 3 aliphatic heterocycles. The minimum Gasteiger partial charge on any atom is -0.413 e. The monoisotopic (exact) mass is 761 g/mol.